The third-order valence-electron chi connectivity index (χ3n) is 6.12. The minimum absolute atomic E-state index is 0.229. The van der Waals surface area contributed by atoms with Gasteiger partial charge in [0.05, 0.1) is 16.9 Å². The number of benzene rings is 3. The molecular weight excluding hydrogens is 438 g/mol. The summed E-state index contributed by atoms with van der Waals surface area (Å²) in [6, 6.07) is 20.1. The third kappa shape index (κ3) is 6.41. The lowest BCUT2D eigenvalue weighted by Gasteiger charge is -2.29. The van der Waals surface area contributed by atoms with Gasteiger partial charge in [0, 0.05) is 18.8 Å². The Balaban J connectivity index is 1.70. The molecule has 1 aliphatic rings. The second kappa shape index (κ2) is 10.6. The van der Waals surface area contributed by atoms with Gasteiger partial charge in [-0.15, -0.1) is 0 Å². The number of amides is 2. The number of urea groups is 1. The molecule has 2 amide bonds. The highest BCUT2D eigenvalue weighted by atomic mass is 16.4. The fourth-order valence-electron chi connectivity index (χ4n) is 4.25. The van der Waals surface area contributed by atoms with Crippen LogP contribution in [0.25, 0.3) is 11.1 Å². The molecule has 3 N–H and O–H groups in total. The molecule has 0 spiro atoms. The fraction of sp³-hybridized carbons (Fsp3) is 0.310. The molecule has 6 nitrogen and oxygen atoms in total. The number of aryl methyl sites for hydroxylation is 1. The summed E-state index contributed by atoms with van der Waals surface area (Å²) in [6.07, 6.45) is 2.46. The summed E-state index contributed by atoms with van der Waals surface area (Å²) in [5.41, 5.74) is 5.02. The number of carbonyl (C=O) groups is 2. The number of nitrogens with one attached hydrogen (secondary N) is 2. The van der Waals surface area contributed by atoms with Crippen LogP contribution in [-0.2, 0) is 0 Å². The van der Waals surface area contributed by atoms with E-state index in [1.807, 2.05) is 55.5 Å². The number of carboxylic acids is 1. The van der Waals surface area contributed by atoms with Gasteiger partial charge in [0.25, 0.3) is 0 Å². The second-order valence-corrected chi connectivity index (χ2v) is 9.77. The van der Waals surface area contributed by atoms with Crippen molar-refractivity contribution < 1.29 is 14.7 Å². The van der Waals surface area contributed by atoms with Gasteiger partial charge in [0.2, 0.25) is 0 Å². The molecule has 1 aliphatic carbocycles. The monoisotopic (exact) mass is 471 g/mol. The predicted octanol–water partition coefficient (Wildman–Crippen LogP) is 6.88. The van der Waals surface area contributed by atoms with Gasteiger partial charge in [0.15, 0.2) is 0 Å². The molecule has 35 heavy (non-hydrogen) atoms. The number of carbonyl (C=O) groups excluding carboxylic acids is 1. The quantitative estimate of drug-likeness (QED) is 0.318. The topological polar surface area (TPSA) is 81.7 Å². The van der Waals surface area contributed by atoms with Crippen LogP contribution in [0.4, 0.5) is 21.9 Å². The smallest absolute Gasteiger partial charge is 0.336 e. The van der Waals surface area contributed by atoms with Crippen LogP contribution in [0, 0.1) is 18.8 Å². The molecule has 0 aromatic heterocycles. The lowest BCUT2D eigenvalue weighted by atomic mass is 9.98. The number of nitrogens with zero attached hydrogens (tertiary/aromatic N) is 1. The Kier molecular flexibility index (Phi) is 7.39. The normalized spacial score (nSPS) is 12.9. The van der Waals surface area contributed by atoms with Crippen LogP contribution in [0.5, 0.6) is 0 Å². The Morgan fingerprint density at radius 3 is 2.37 bits per heavy atom. The Bertz CT molecular complexity index is 1200. The Labute approximate surface area is 207 Å². The van der Waals surface area contributed by atoms with E-state index in [9.17, 15) is 14.7 Å². The average Bonchev–Trinajstić information content (AvgIpc) is 3.64. The molecule has 0 aliphatic heterocycles. The highest BCUT2D eigenvalue weighted by molar-refractivity contribution is 6.03. The van der Waals surface area contributed by atoms with Crippen molar-refractivity contribution in [2.75, 3.05) is 28.6 Å². The number of carboxylic acid groups (broad SMARTS) is 1. The molecule has 182 valence electrons. The molecule has 0 unspecified atom stereocenters. The van der Waals surface area contributed by atoms with E-state index >= 15 is 0 Å². The minimum atomic E-state index is -0.980. The molecule has 4 rings (SSSR count). The first-order valence-corrected chi connectivity index (χ1v) is 12.2. The van der Waals surface area contributed by atoms with E-state index < -0.39 is 5.97 Å². The van der Waals surface area contributed by atoms with Crippen LogP contribution in [0.2, 0.25) is 0 Å². The fourth-order valence-corrected chi connectivity index (χ4v) is 4.25. The first-order valence-electron chi connectivity index (χ1n) is 12.2. The Hall–Kier alpha value is -3.80. The van der Waals surface area contributed by atoms with Crippen LogP contribution in [0.1, 0.15) is 42.6 Å². The molecule has 1 fully saturated rings. The average molecular weight is 472 g/mol. The molecule has 0 bridgehead atoms. The lowest BCUT2D eigenvalue weighted by molar-refractivity contribution is 0.0697. The maximum Gasteiger partial charge on any atom is 0.336 e. The predicted molar refractivity (Wildman–Crippen MR) is 142 cm³/mol. The van der Waals surface area contributed by atoms with Gasteiger partial charge >= 0.3 is 12.0 Å². The Morgan fingerprint density at radius 1 is 1.00 bits per heavy atom. The maximum atomic E-state index is 13.0. The molecule has 1 saturated carbocycles. The van der Waals surface area contributed by atoms with Gasteiger partial charge in [-0.1, -0.05) is 55.8 Å². The number of anilines is 3. The first-order chi connectivity index (χ1) is 16.8. The zero-order chi connectivity index (χ0) is 24.9. The summed E-state index contributed by atoms with van der Waals surface area (Å²) in [7, 11) is 0. The molecule has 6 heteroatoms. The van der Waals surface area contributed by atoms with Crippen molar-refractivity contribution in [2.24, 2.45) is 11.8 Å². The number of hydrogen-bond donors (Lipinski definition) is 3. The van der Waals surface area contributed by atoms with Crippen molar-refractivity contribution in [1.82, 2.24) is 0 Å². The molecule has 3 aromatic rings. The lowest BCUT2D eigenvalue weighted by Crippen LogP contribution is -2.31. The number of rotatable bonds is 9. The molecule has 0 saturated heterocycles. The number of hydrogen-bond acceptors (Lipinski definition) is 3. The van der Waals surface area contributed by atoms with Gasteiger partial charge in [0.1, 0.15) is 0 Å². The number of aromatic carboxylic acids is 1. The molecule has 0 heterocycles. The van der Waals surface area contributed by atoms with Crippen LogP contribution in [0.3, 0.4) is 0 Å². The summed E-state index contributed by atoms with van der Waals surface area (Å²) in [4.78, 5) is 27.2. The third-order valence-corrected chi connectivity index (χ3v) is 6.12. The summed E-state index contributed by atoms with van der Waals surface area (Å²) >= 11 is 0. The highest BCUT2D eigenvalue weighted by Gasteiger charge is 2.26. The van der Waals surface area contributed by atoms with E-state index in [4.69, 9.17) is 0 Å². The van der Waals surface area contributed by atoms with Crippen LogP contribution >= 0.6 is 0 Å². The highest BCUT2D eigenvalue weighted by Crippen LogP contribution is 2.37. The van der Waals surface area contributed by atoms with Gasteiger partial charge < -0.3 is 20.6 Å². The van der Waals surface area contributed by atoms with E-state index in [1.165, 1.54) is 12.8 Å². The van der Waals surface area contributed by atoms with Gasteiger partial charge in [-0.05, 0) is 73.1 Å². The Morgan fingerprint density at radius 2 is 1.71 bits per heavy atom. The van der Waals surface area contributed by atoms with E-state index in [2.05, 4.69) is 29.4 Å². The maximum absolute atomic E-state index is 13.0. The largest absolute Gasteiger partial charge is 0.478 e. The summed E-state index contributed by atoms with van der Waals surface area (Å²) in [5.74, 6) is 0.150. The van der Waals surface area contributed by atoms with Crippen molar-refractivity contribution in [3.05, 3.63) is 77.9 Å². The van der Waals surface area contributed by atoms with Crippen molar-refractivity contribution in [3.8, 4) is 11.1 Å². The molecule has 3 aromatic carbocycles. The first kappa shape index (κ1) is 24.3. The van der Waals surface area contributed by atoms with Crippen LogP contribution in [0.15, 0.2) is 66.7 Å². The minimum Gasteiger partial charge on any atom is -0.478 e. The van der Waals surface area contributed by atoms with Crippen LogP contribution < -0.4 is 15.5 Å². The summed E-state index contributed by atoms with van der Waals surface area (Å²) < 4.78 is 0. The van der Waals surface area contributed by atoms with Gasteiger partial charge in [-0.3, -0.25) is 0 Å². The molecular formula is C29H33N3O3. The summed E-state index contributed by atoms with van der Waals surface area (Å²) in [5, 5.41) is 15.6. The molecule has 0 radical (unpaired) electrons. The van der Waals surface area contributed by atoms with E-state index in [1.54, 1.807) is 18.2 Å². The van der Waals surface area contributed by atoms with Crippen molar-refractivity contribution in [1.29, 1.82) is 0 Å². The van der Waals surface area contributed by atoms with E-state index in [0.717, 1.165) is 29.9 Å². The molecule has 0 atom stereocenters. The van der Waals surface area contributed by atoms with Crippen molar-refractivity contribution >= 4 is 29.1 Å². The van der Waals surface area contributed by atoms with Gasteiger partial charge in [-0.2, -0.15) is 0 Å². The zero-order valence-electron chi connectivity index (χ0n) is 20.5. The zero-order valence-corrected chi connectivity index (χ0v) is 20.5. The van der Waals surface area contributed by atoms with E-state index in [0.29, 0.717) is 28.8 Å². The van der Waals surface area contributed by atoms with E-state index in [-0.39, 0.29) is 11.6 Å². The van der Waals surface area contributed by atoms with Crippen molar-refractivity contribution in [2.45, 2.75) is 33.6 Å². The SMILES string of the molecule is Cc1ccc(NC(=O)Nc2cc(-c3ccccc3C(=O)O)ccc2N(CC(C)C)CC2CC2)cc1. The van der Waals surface area contributed by atoms with Gasteiger partial charge in [-0.25, -0.2) is 9.59 Å². The van der Waals surface area contributed by atoms with Crippen LogP contribution in [-0.4, -0.2) is 30.2 Å². The van der Waals surface area contributed by atoms with Crippen molar-refractivity contribution in [3.63, 3.8) is 0 Å². The standard InChI is InChI=1S/C29H33N3O3/c1-19(2)17-32(18-21-10-11-21)27-15-12-22(24-6-4-5-7-25(24)28(33)34)16-26(27)31-29(35)30-23-13-8-20(3)9-14-23/h4-9,12-16,19,21H,10-11,17-18H2,1-3H3,(H,33,34)(H2,30,31,35). The summed E-state index contributed by atoms with van der Waals surface area (Å²) in [6.45, 7) is 8.19. The second-order valence-electron chi connectivity index (χ2n) is 9.77.